The number of hydrogen-bond donors (Lipinski definition) is 6. The zero-order valence-corrected chi connectivity index (χ0v) is 28.3. The van der Waals surface area contributed by atoms with Crippen LogP contribution in [0.15, 0.2) is 121 Å². The Morgan fingerprint density at radius 3 is 0.927 bits per heavy atom. The molecule has 0 radical (unpaired) electrons. The molecule has 0 saturated heterocycles. The first-order valence-electron chi connectivity index (χ1n) is 16.7. The van der Waals surface area contributed by atoms with Crippen LogP contribution in [-0.4, -0.2) is 54.5 Å². The maximum Gasteiger partial charge on any atom is 0.336 e. The highest BCUT2D eigenvalue weighted by Gasteiger charge is 2.28. The molecule has 268 valence electrons. The fourth-order valence-electron chi connectivity index (χ4n) is 7.39. The van der Waals surface area contributed by atoms with E-state index in [4.69, 9.17) is 4.74 Å². The number of aromatic carboxylic acids is 4. The van der Waals surface area contributed by atoms with Gasteiger partial charge in [0.05, 0.1) is 22.3 Å². The SMILES string of the molecule is O=C(O)c1cc(-c2c(O)cc(C(=O)O)c3ccccc23)c(Oc2c(-c3c(O)cc(C(=O)O)c4ccccc34)cc(C(=O)O)c3ccccc23)c2ccccc12. The van der Waals surface area contributed by atoms with E-state index in [-0.39, 0.29) is 99.1 Å². The van der Waals surface area contributed by atoms with Crippen LogP contribution in [-0.2, 0) is 0 Å². The Hall–Kier alpha value is -7.92. The van der Waals surface area contributed by atoms with Gasteiger partial charge in [0, 0.05) is 33.0 Å². The Morgan fingerprint density at radius 2 is 0.618 bits per heavy atom. The summed E-state index contributed by atoms with van der Waals surface area (Å²) in [6.45, 7) is 0. The van der Waals surface area contributed by atoms with Gasteiger partial charge < -0.3 is 35.4 Å². The van der Waals surface area contributed by atoms with Crippen molar-refractivity contribution in [2.75, 3.05) is 0 Å². The minimum Gasteiger partial charge on any atom is -0.507 e. The summed E-state index contributed by atoms with van der Waals surface area (Å²) in [5, 5.41) is 66.2. The monoisotopic (exact) mass is 730 g/mol. The van der Waals surface area contributed by atoms with E-state index in [1.54, 1.807) is 97.1 Å². The van der Waals surface area contributed by atoms with Gasteiger partial charge in [0.2, 0.25) is 0 Å². The number of hydrogen-bond acceptors (Lipinski definition) is 7. The van der Waals surface area contributed by atoms with E-state index in [0.717, 1.165) is 12.1 Å². The molecule has 0 fully saturated rings. The van der Waals surface area contributed by atoms with Gasteiger partial charge in [-0.15, -0.1) is 0 Å². The number of phenolic OH excluding ortho intramolecular Hbond substituents is 2. The van der Waals surface area contributed by atoms with Crippen molar-refractivity contribution in [3.63, 3.8) is 0 Å². The van der Waals surface area contributed by atoms with Gasteiger partial charge in [-0.25, -0.2) is 19.2 Å². The molecular weight excluding hydrogens is 704 g/mol. The highest BCUT2D eigenvalue weighted by molar-refractivity contribution is 6.17. The Kier molecular flexibility index (Phi) is 8.04. The summed E-state index contributed by atoms with van der Waals surface area (Å²) in [5.41, 5.74) is -0.423. The molecule has 0 amide bonds. The van der Waals surface area contributed by atoms with E-state index in [1.165, 1.54) is 12.1 Å². The molecule has 0 aromatic heterocycles. The van der Waals surface area contributed by atoms with Crippen LogP contribution in [0.3, 0.4) is 0 Å². The van der Waals surface area contributed by atoms with Crippen molar-refractivity contribution in [2.45, 2.75) is 0 Å². The minimum absolute atomic E-state index is 0.0181. The van der Waals surface area contributed by atoms with Gasteiger partial charge in [0.25, 0.3) is 0 Å². The van der Waals surface area contributed by atoms with Gasteiger partial charge in [-0.05, 0) is 56.6 Å². The second-order valence-electron chi connectivity index (χ2n) is 12.7. The second-order valence-corrected chi connectivity index (χ2v) is 12.7. The highest BCUT2D eigenvalue weighted by atomic mass is 16.5. The van der Waals surface area contributed by atoms with E-state index in [1.807, 2.05) is 0 Å². The van der Waals surface area contributed by atoms with Gasteiger partial charge in [-0.2, -0.15) is 0 Å². The molecular formula is C44H26O11. The number of aromatic hydroxyl groups is 2. The summed E-state index contributed by atoms with van der Waals surface area (Å²) in [6, 6.07) is 30.7. The summed E-state index contributed by atoms with van der Waals surface area (Å²) >= 11 is 0. The van der Waals surface area contributed by atoms with Gasteiger partial charge in [-0.1, -0.05) is 97.1 Å². The smallest absolute Gasteiger partial charge is 0.336 e. The topological polar surface area (TPSA) is 199 Å². The minimum atomic E-state index is -1.30. The number of fused-ring (bicyclic) bond motifs is 4. The van der Waals surface area contributed by atoms with Crippen molar-refractivity contribution in [2.24, 2.45) is 0 Å². The first kappa shape index (κ1) is 34.2. The molecule has 0 heterocycles. The Bertz CT molecular complexity index is 2800. The van der Waals surface area contributed by atoms with E-state index >= 15 is 0 Å². The highest BCUT2D eigenvalue weighted by Crippen LogP contribution is 2.52. The lowest BCUT2D eigenvalue weighted by atomic mass is 9.89. The van der Waals surface area contributed by atoms with E-state index in [2.05, 4.69) is 0 Å². The first-order chi connectivity index (χ1) is 26.5. The average molecular weight is 731 g/mol. The molecule has 11 heteroatoms. The largest absolute Gasteiger partial charge is 0.507 e. The predicted molar refractivity (Wildman–Crippen MR) is 205 cm³/mol. The Balaban J connectivity index is 1.55. The zero-order chi connectivity index (χ0) is 38.7. The van der Waals surface area contributed by atoms with Crippen LogP contribution in [0.4, 0.5) is 0 Å². The molecule has 0 aliphatic rings. The number of carboxylic acids is 4. The van der Waals surface area contributed by atoms with Crippen molar-refractivity contribution in [1.82, 2.24) is 0 Å². The molecule has 55 heavy (non-hydrogen) atoms. The van der Waals surface area contributed by atoms with E-state index < -0.39 is 35.4 Å². The molecule has 0 spiro atoms. The molecule has 6 N–H and O–H groups in total. The first-order valence-corrected chi connectivity index (χ1v) is 16.7. The van der Waals surface area contributed by atoms with Crippen molar-refractivity contribution < 1.29 is 54.6 Å². The van der Waals surface area contributed by atoms with Crippen LogP contribution in [0, 0.1) is 0 Å². The molecule has 11 nitrogen and oxygen atoms in total. The summed E-state index contributed by atoms with van der Waals surface area (Å²) in [4.78, 5) is 50.2. The number of phenols is 2. The summed E-state index contributed by atoms with van der Waals surface area (Å²) in [7, 11) is 0. The quantitative estimate of drug-likeness (QED) is 0.0870. The molecule has 0 aliphatic heterocycles. The molecule has 0 atom stereocenters. The van der Waals surface area contributed by atoms with Gasteiger partial charge in [0.1, 0.15) is 23.0 Å². The lowest BCUT2D eigenvalue weighted by Gasteiger charge is -2.23. The molecule has 0 saturated carbocycles. The van der Waals surface area contributed by atoms with Crippen LogP contribution in [0.1, 0.15) is 41.4 Å². The number of carboxylic acid groups (broad SMARTS) is 4. The molecule has 8 aromatic rings. The van der Waals surface area contributed by atoms with Crippen molar-refractivity contribution in [3.8, 4) is 45.3 Å². The third-order valence-corrected chi connectivity index (χ3v) is 9.70. The number of ether oxygens (including phenoxy) is 1. The third-order valence-electron chi connectivity index (χ3n) is 9.70. The van der Waals surface area contributed by atoms with Crippen LogP contribution >= 0.6 is 0 Å². The molecule has 0 unspecified atom stereocenters. The predicted octanol–water partition coefficient (Wildman–Crippen LogP) is 9.63. The maximum absolute atomic E-state index is 12.8. The van der Waals surface area contributed by atoms with Gasteiger partial charge >= 0.3 is 23.9 Å². The average Bonchev–Trinajstić information content (AvgIpc) is 3.17. The summed E-state index contributed by atoms with van der Waals surface area (Å²) in [5.74, 6) is -6.10. The number of benzene rings is 8. The number of rotatable bonds is 8. The Labute approximate surface area is 309 Å². The molecule has 8 rings (SSSR count). The zero-order valence-electron chi connectivity index (χ0n) is 28.3. The van der Waals surface area contributed by atoms with Gasteiger partial charge in [0.15, 0.2) is 0 Å². The van der Waals surface area contributed by atoms with Gasteiger partial charge in [-0.3, -0.25) is 0 Å². The standard InChI is InChI=1S/C44H26O11/c45-35-19-31(43(51)52)21-9-1-5-13-25(21)37(35)33-17-29(41(47)48)23-11-3-7-15-27(23)39(33)55-40-28-16-8-4-12-24(28)30(42(49)50)18-34(40)38-26-14-6-2-10-22(26)32(44(53)54)20-36(38)46/h1-20,45-46H,(H,47,48)(H,49,50)(H,51,52)(H,53,54). The fraction of sp³-hybridized carbons (Fsp3) is 0. The molecule has 8 aromatic carbocycles. The van der Waals surface area contributed by atoms with Crippen molar-refractivity contribution in [3.05, 3.63) is 144 Å². The van der Waals surface area contributed by atoms with Crippen molar-refractivity contribution in [1.29, 1.82) is 0 Å². The number of carbonyl (C=O) groups is 4. The van der Waals surface area contributed by atoms with Crippen LogP contribution in [0.25, 0.3) is 65.3 Å². The fourth-order valence-corrected chi connectivity index (χ4v) is 7.39. The normalized spacial score (nSPS) is 11.3. The lowest BCUT2D eigenvalue weighted by Crippen LogP contribution is -2.04. The van der Waals surface area contributed by atoms with E-state index in [9.17, 15) is 49.8 Å². The molecule has 0 aliphatic carbocycles. The lowest BCUT2D eigenvalue weighted by molar-refractivity contribution is 0.0688. The Morgan fingerprint density at radius 1 is 0.364 bits per heavy atom. The van der Waals surface area contributed by atoms with E-state index in [0.29, 0.717) is 0 Å². The van der Waals surface area contributed by atoms with Crippen LogP contribution < -0.4 is 4.74 Å². The van der Waals surface area contributed by atoms with Crippen molar-refractivity contribution >= 4 is 67.0 Å². The second kappa shape index (κ2) is 12.9. The third kappa shape index (κ3) is 5.46. The van der Waals surface area contributed by atoms with Crippen LogP contribution in [0.2, 0.25) is 0 Å². The van der Waals surface area contributed by atoms with Crippen LogP contribution in [0.5, 0.6) is 23.0 Å². The maximum atomic E-state index is 12.8. The summed E-state index contributed by atoms with van der Waals surface area (Å²) in [6.07, 6.45) is 0. The summed E-state index contributed by atoms with van der Waals surface area (Å²) < 4.78 is 6.97. The molecule has 0 bridgehead atoms.